The second kappa shape index (κ2) is 9.00. The van der Waals surface area contributed by atoms with E-state index in [2.05, 4.69) is 21.2 Å². The minimum Gasteiger partial charge on any atom is -0.479 e. The maximum atomic E-state index is 11.9. The molecule has 2 atom stereocenters. The molecule has 23 heavy (non-hydrogen) atoms. The summed E-state index contributed by atoms with van der Waals surface area (Å²) in [6.07, 6.45) is 2.26. The van der Waals surface area contributed by atoms with E-state index in [4.69, 9.17) is 9.47 Å². The maximum absolute atomic E-state index is 11.9. The molecule has 1 aromatic rings. The van der Waals surface area contributed by atoms with E-state index in [9.17, 15) is 14.7 Å². The van der Waals surface area contributed by atoms with Gasteiger partial charge < -0.3 is 19.9 Å². The number of aliphatic carboxylic acids is 1. The molecule has 1 aliphatic rings. The van der Waals surface area contributed by atoms with Crippen LogP contribution in [0.1, 0.15) is 30.9 Å². The van der Waals surface area contributed by atoms with E-state index in [1.165, 1.54) is 0 Å². The van der Waals surface area contributed by atoms with Crippen LogP contribution in [0.2, 0.25) is 0 Å². The number of carbonyl (C=O) groups excluding carboxylic acids is 1. The molecular formula is C16H20BrNO5. The summed E-state index contributed by atoms with van der Waals surface area (Å²) < 4.78 is 11.7. The molecule has 1 heterocycles. The van der Waals surface area contributed by atoms with Gasteiger partial charge in [-0.1, -0.05) is 28.1 Å². The highest BCUT2D eigenvalue weighted by molar-refractivity contribution is 9.10. The Kier molecular flexibility index (Phi) is 7.01. The first-order valence-corrected chi connectivity index (χ1v) is 8.32. The molecule has 1 saturated heterocycles. The molecule has 2 N–H and O–H groups in total. The number of rotatable bonds is 8. The quantitative estimate of drug-likeness (QED) is 0.670. The molecule has 2 unspecified atom stereocenters. The Morgan fingerprint density at radius 3 is 2.74 bits per heavy atom. The van der Waals surface area contributed by atoms with E-state index < -0.39 is 12.0 Å². The SMILES string of the molecule is O=C(CCOCC1CCCO1)NC(C(=O)O)c1ccc(Br)cc1. The zero-order valence-electron chi connectivity index (χ0n) is 12.7. The van der Waals surface area contributed by atoms with Gasteiger partial charge in [-0.05, 0) is 30.5 Å². The molecule has 1 aromatic carbocycles. The third-order valence-corrected chi connectivity index (χ3v) is 4.09. The third kappa shape index (κ3) is 5.93. The molecule has 1 aliphatic heterocycles. The number of carboxylic acids is 1. The summed E-state index contributed by atoms with van der Waals surface area (Å²) in [5.74, 6) is -1.45. The molecular weight excluding hydrogens is 366 g/mol. The predicted octanol–water partition coefficient (Wildman–Crippen LogP) is 2.28. The maximum Gasteiger partial charge on any atom is 0.330 e. The van der Waals surface area contributed by atoms with Gasteiger partial charge in [0.25, 0.3) is 0 Å². The number of ether oxygens (including phenoxy) is 2. The normalized spacial score (nSPS) is 18.6. The van der Waals surface area contributed by atoms with Crippen molar-refractivity contribution in [1.82, 2.24) is 5.32 Å². The van der Waals surface area contributed by atoms with Gasteiger partial charge in [0.2, 0.25) is 5.91 Å². The highest BCUT2D eigenvalue weighted by Gasteiger charge is 2.22. The van der Waals surface area contributed by atoms with E-state index >= 15 is 0 Å². The predicted molar refractivity (Wildman–Crippen MR) is 87.1 cm³/mol. The number of hydrogen-bond donors (Lipinski definition) is 2. The van der Waals surface area contributed by atoms with Crippen LogP contribution in [0.3, 0.4) is 0 Å². The number of benzene rings is 1. The molecule has 0 radical (unpaired) electrons. The van der Waals surface area contributed by atoms with Crippen molar-refractivity contribution in [2.45, 2.75) is 31.4 Å². The number of amides is 1. The lowest BCUT2D eigenvalue weighted by Gasteiger charge is -2.15. The lowest BCUT2D eigenvalue weighted by Crippen LogP contribution is -2.34. The monoisotopic (exact) mass is 385 g/mol. The first-order chi connectivity index (χ1) is 11.1. The third-order valence-electron chi connectivity index (χ3n) is 3.56. The fraction of sp³-hybridized carbons (Fsp3) is 0.500. The van der Waals surface area contributed by atoms with Crippen LogP contribution in [0.25, 0.3) is 0 Å². The first-order valence-electron chi connectivity index (χ1n) is 7.53. The smallest absolute Gasteiger partial charge is 0.330 e. The standard InChI is InChI=1S/C16H20BrNO5/c17-12-5-3-11(4-6-12)15(16(20)21)18-14(19)7-9-22-10-13-2-1-8-23-13/h3-6,13,15H,1-2,7-10H2,(H,18,19)(H,20,21). The van der Waals surface area contributed by atoms with E-state index in [0.717, 1.165) is 23.9 Å². The number of halogens is 1. The first kappa shape index (κ1) is 17.9. The number of carbonyl (C=O) groups is 2. The van der Waals surface area contributed by atoms with Crippen LogP contribution in [0.15, 0.2) is 28.7 Å². The molecule has 6 nitrogen and oxygen atoms in total. The summed E-state index contributed by atoms with van der Waals surface area (Å²) in [6.45, 7) is 1.49. The van der Waals surface area contributed by atoms with Gasteiger partial charge in [-0.3, -0.25) is 4.79 Å². The average molecular weight is 386 g/mol. The van der Waals surface area contributed by atoms with E-state index in [1.807, 2.05) is 0 Å². The Morgan fingerprint density at radius 2 is 2.13 bits per heavy atom. The highest BCUT2D eigenvalue weighted by atomic mass is 79.9. The fourth-order valence-corrected chi connectivity index (χ4v) is 2.60. The van der Waals surface area contributed by atoms with Crippen molar-refractivity contribution >= 4 is 27.8 Å². The fourth-order valence-electron chi connectivity index (χ4n) is 2.33. The van der Waals surface area contributed by atoms with Crippen LogP contribution in [-0.4, -0.2) is 42.9 Å². The van der Waals surface area contributed by atoms with Gasteiger partial charge in [0.15, 0.2) is 6.04 Å². The Labute approximate surface area is 143 Å². The van der Waals surface area contributed by atoms with Crippen LogP contribution < -0.4 is 5.32 Å². The van der Waals surface area contributed by atoms with Crippen molar-refractivity contribution in [3.63, 3.8) is 0 Å². The van der Waals surface area contributed by atoms with Crippen molar-refractivity contribution in [3.05, 3.63) is 34.3 Å². The summed E-state index contributed by atoms with van der Waals surface area (Å²) in [4.78, 5) is 23.2. The average Bonchev–Trinajstić information content (AvgIpc) is 3.03. The van der Waals surface area contributed by atoms with Gasteiger partial charge in [-0.2, -0.15) is 0 Å². The molecule has 2 rings (SSSR count). The lowest BCUT2D eigenvalue weighted by molar-refractivity contribution is -0.142. The summed E-state index contributed by atoms with van der Waals surface area (Å²) >= 11 is 3.29. The largest absolute Gasteiger partial charge is 0.479 e. The molecule has 0 aromatic heterocycles. The zero-order valence-corrected chi connectivity index (χ0v) is 14.3. The van der Waals surface area contributed by atoms with Crippen LogP contribution in [0.4, 0.5) is 0 Å². The van der Waals surface area contributed by atoms with Gasteiger partial charge in [0, 0.05) is 17.5 Å². The topological polar surface area (TPSA) is 84.9 Å². The second-order valence-corrected chi connectivity index (χ2v) is 6.27. The van der Waals surface area contributed by atoms with E-state index in [0.29, 0.717) is 12.2 Å². The van der Waals surface area contributed by atoms with Crippen molar-refractivity contribution in [3.8, 4) is 0 Å². The molecule has 1 fully saturated rings. The zero-order chi connectivity index (χ0) is 16.7. The number of nitrogens with one attached hydrogen (secondary N) is 1. The Hall–Kier alpha value is -1.44. The summed E-state index contributed by atoms with van der Waals surface area (Å²) in [5.41, 5.74) is 0.523. The summed E-state index contributed by atoms with van der Waals surface area (Å²) in [7, 11) is 0. The van der Waals surface area contributed by atoms with Crippen molar-refractivity contribution in [2.75, 3.05) is 19.8 Å². The number of carboxylic acid groups (broad SMARTS) is 1. The molecule has 0 aliphatic carbocycles. The minimum absolute atomic E-state index is 0.118. The molecule has 0 saturated carbocycles. The van der Waals surface area contributed by atoms with Gasteiger partial charge in [0.05, 0.1) is 19.3 Å². The molecule has 0 spiro atoms. The van der Waals surface area contributed by atoms with Gasteiger partial charge in [-0.25, -0.2) is 4.79 Å². The summed E-state index contributed by atoms with van der Waals surface area (Å²) in [5, 5.41) is 11.8. The van der Waals surface area contributed by atoms with Crippen LogP contribution in [0, 0.1) is 0 Å². The van der Waals surface area contributed by atoms with Gasteiger partial charge in [-0.15, -0.1) is 0 Å². The van der Waals surface area contributed by atoms with E-state index in [-0.39, 0.29) is 25.0 Å². The molecule has 1 amide bonds. The van der Waals surface area contributed by atoms with Crippen molar-refractivity contribution in [2.24, 2.45) is 0 Å². The lowest BCUT2D eigenvalue weighted by atomic mass is 10.1. The van der Waals surface area contributed by atoms with Crippen molar-refractivity contribution in [1.29, 1.82) is 0 Å². The molecule has 0 bridgehead atoms. The molecule has 7 heteroatoms. The highest BCUT2D eigenvalue weighted by Crippen LogP contribution is 2.17. The van der Waals surface area contributed by atoms with Gasteiger partial charge >= 0.3 is 5.97 Å². The minimum atomic E-state index is -1.10. The second-order valence-electron chi connectivity index (χ2n) is 5.35. The number of hydrogen-bond acceptors (Lipinski definition) is 4. The summed E-state index contributed by atoms with van der Waals surface area (Å²) in [6, 6.07) is 5.74. The van der Waals surface area contributed by atoms with E-state index in [1.54, 1.807) is 24.3 Å². The Bertz CT molecular complexity index is 528. The van der Waals surface area contributed by atoms with Crippen LogP contribution >= 0.6 is 15.9 Å². The molecule has 126 valence electrons. The van der Waals surface area contributed by atoms with Crippen molar-refractivity contribution < 1.29 is 24.2 Å². The van der Waals surface area contributed by atoms with Crippen LogP contribution in [0.5, 0.6) is 0 Å². The van der Waals surface area contributed by atoms with Gasteiger partial charge in [0.1, 0.15) is 0 Å². The Morgan fingerprint density at radius 1 is 1.39 bits per heavy atom. The Balaban J connectivity index is 1.76. The van der Waals surface area contributed by atoms with Crippen LogP contribution in [-0.2, 0) is 19.1 Å².